The van der Waals surface area contributed by atoms with Gasteiger partial charge < -0.3 is 10.2 Å². The summed E-state index contributed by atoms with van der Waals surface area (Å²) in [5.74, 6) is 0.527. The van der Waals surface area contributed by atoms with Gasteiger partial charge in [-0.3, -0.25) is 0 Å². The zero-order chi connectivity index (χ0) is 18.0. The molecule has 7 nitrogen and oxygen atoms in total. The molecule has 0 radical (unpaired) electrons. The third-order valence-electron chi connectivity index (χ3n) is 3.77. The van der Waals surface area contributed by atoms with Crippen molar-refractivity contribution in [2.75, 3.05) is 26.0 Å². The Morgan fingerprint density at radius 3 is 2.72 bits per heavy atom. The van der Waals surface area contributed by atoms with Gasteiger partial charge in [-0.15, -0.1) is 14.8 Å². The highest BCUT2D eigenvalue weighted by Gasteiger charge is 2.31. The van der Waals surface area contributed by atoms with Crippen molar-refractivity contribution in [1.82, 2.24) is 30.2 Å². The van der Waals surface area contributed by atoms with E-state index in [0.717, 1.165) is 6.07 Å². The summed E-state index contributed by atoms with van der Waals surface area (Å²) in [5, 5.41) is 18.3. The number of fused-ring (bicyclic) bond motifs is 1. The van der Waals surface area contributed by atoms with Gasteiger partial charge in [-0.25, -0.2) is 0 Å². The smallest absolute Gasteiger partial charge is 0.367 e. The molecule has 1 N–H and O–H groups in total. The number of nitrogens with one attached hydrogen (secondary N) is 1. The van der Waals surface area contributed by atoms with Crippen LogP contribution in [0.5, 0.6) is 0 Å². The number of likely N-dealkylation sites (N-methyl/N-ethyl adjacent to an activating group) is 1. The van der Waals surface area contributed by atoms with E-state index in [4.69, 9.17) is 0 Å². The summed E-state index contributed by atoms with van der Waals surface area (Å²) in [5.41, 5.74) is 0.411. The quantitative estimate of drug-likeness (QED) is 0.760. The minimum Gasteiger partial charge on any atom is -0.367 e. The normalized spacial score (nSPS) is 13.4. The molecule has 0 fully saturated rings. The molecule has 1 aromatic carbocycles. The molecule has 0 aliphatic heterocycles. The van der Waals surface area contributed by atoms with Gasteiger partial charge in [-0.2, -0.15) is 13.2 Å². The van der Waals surface area contributed by atoms with Crippen molar-refractivity contribution < 1.29 is 13.2 Å². The number of nitrogens with zero attached hydrogens (tertiary/aromatic N) is 6. The van der Waals surface area contributed by atoms with Crippen LogP contribution in [0.2, 0.25) is 0 Å². The van der Waals surface area contributed by atoms with E-state index in [1.54, 1.807) is 18.2 Å². The van der Waals surface area contributed by atoms with E-state index < -0.39 is 11.7 Å². The molecule has 0 saturated carbocycles. The number of halogens is 3. The molecule has 10 heteroatoms. The molecule has 2 aromatic heterocycles. The molecule has 2 heterocycles. The summed E-state index contributed by atoms with van der Waals surface area (Å²) < 4.78 is 40.1. The van der Waals surface area contributed by atoms with Crippen molar-refractivity contribution in [3.8, 4) is 0 Å². The van der Waals surface area contributed by atoms with Gasteiger partial charge in [0.2, 0.25) is 0 Å². The van der Waals surface area contributed by atoms with Crippen molar-refractivity contribution in [2.45, 2.75) is 12.2 Å². The second-order valence-electron chi connectivity index (χ2n) is 5.73. The fourth-order valence-electron chi connectivity index (χ4n) is 2.47. The SMILES string of the molecule is CN(C)C(CNc1ccc2nnnn2n1)c1cccc(C(F)(F)F)c1. The Labute approximate surface area is 141 Å². The van der Waals surface area contributed by atoms with Crippen LogP contribution in [-0.4, -0.2) is 50.8 Å². The zero-order valence-electron chi connectivity index (χ0n) is 13.6. The largest absolute Gasteiger partial charge is 0.416 e. The Bertz CT molecular complexity index is 859. The van der Waals surface area contributed by atoms with Gasteiger partial charge in [-0.1, -0.05) is 12.1 Å². The van der Waals surface area contributed by atoms with Crippen LogP contribution < -0.4 is 5.32 Å². The van der Waals surface area contributed by atoms with Crippen molar-refractivity contribution in [3.63, 3.8) is 0 Å². The second-order valence-corrected chi connectivity index (χ2v) is 5.73. The maximum absolute atomic E-state index is 12.9. The van der Waals surface area contributed by atoms with E-state index in [1.165, 1.54) is 16.8 Å². The number of tetrazole rings is 1. The molecule has 1 unspecified atom stereocenters. The number of hydrogen-bond donors (Lipinski definition) is 1. The van der Waals surface area contributed by atoms with Crippen LogP contribution in [0.4, 0.5) is 19.0 Å². The van der Waals surface area contributed by atoms with Crippen LogP contribution in [0.1, 0.15) is 17.2 Å². The van der Waals surface area contributed by atoms with Gasteiger partial charge in [0, 0.05) is 6.54 Å². The Morgan fingerprint density at radius 1 is 1.20 bits per heavy atom. The number of anilines is 1. The number of aromatic nitrogens is 5. The maximum atomic E-state index is 12.9. The summed E-state index contributed by atoms with van der Waals surface area (Å²) in [7, 11) is 3.62. The molecule has 3 aromatic rings. The monoisotopic (exact) mass is 351 g/mol. The average Bonchev–Trinajstić information content (AvgIpc) is 3.02. The molecule has 3 rings (SSSR count). The van der Waals surface area contributed by atoms with Gasteiger partial charge in [0.05, 0.1) is 11.6 Å². The van der Waals surface area contributed by atoms with E-state index in [0.29, 0.717) is 23.6 Å². The summed E-state index contributed by atoms with van der Waals surface area (Å²) >= 11 is 0. The Balaban J connectivity index is 1.79. The van der Waals surface area contributed by atoms with Crippen molar-refractivity contribution >= 4 is 11.5 Å². The maximum Gasteiger partial charge on any atom is 0.416 e. The molecule has 0 bridgehead atoms. The highest BCUT2D eigenvalue weighted by molar-refractivity contribution is 5.42. The van der Waals surface area contributed by atoms with Crippen LogP contribution in [0, 0.1) is 0 Å². The van der Waals surface area contributed by atoms with E-state index in [-0.39, 0.29) is 6.04 Å². The van der Waals surface area contributed by atoms with E-state index in [2.05, 4.69) is 25.9 Å². The fraction of sp³-hybridized carbons (Fsp3) is 0.333. The molecule has 0 aliphatic rings. The topological polar surface area (TPSA) is 71.2 Å². The Morgan fingerprint density at radius 2 is 2.00 bits per heavy atom. The molecular weight excluding hydrogens is 335 g/mol. The molecule has 1 atom stereocenters. The van der Waals surface area contributed by atoms with Gasteiger partial charge in [0.25, 0.3) is 0 Å². The third kappa shape index (κ3) is 3.85. The highest BCUT2D eigenvalue weighted by atomic mass is 19.4. The molecule has 0 saturated heterocycles. The zero-order valence-corrected chi connectivity index (χ0v) is 13.6. The number of rotatable bonds is 5. The highest BCUT2D eigenvalue weighted by Crippen LogP contribution is 2.31. The Kier molecular flexibility index (Phi) is 4.53. The van der Waals surface area contributed by atoms with Crippen molar-refractivity contribution in [1.29, 1.82) is 0 Å². The number of benzene rings is 1. The first-order valence-corrected chi connectivity index (χ1v) is 7.47. The van der Waals surface area contributed by atoms with Crippen molar-refractivity contribution in [3.05, 3.63) is 47.5 Å². The van der Waals surface area contributed by atoms with Gasteiger partial charge >= 0.3 is 6.18 Å². The second kappa shape index (κ2) is 6.63. The van der Waals surface area contributed by atoms with Crippen LogP contribution in [0.3, 0.4) is 0 Å². The van der Waals surface area contributed by atoms with Crippen LogP contribution in [0.15, 0.2) is 36.4 Å². The average molecular weight is 351 g/mol. The standard InChI is InChI=1S/C15H16F3N7/c1-24(2)12(10-4-3-5-11(8-10)15(16,17)18)9-19-13-6-7-14-20-22-23-25(14)21-13/h3-8,12H,9H2,1-2H3,(H,19,21). The molecule has 0 spiro atoms. The van der Waals surface area contributed by atoms with Gasteiger partial charge in [0.15, 0.2) is 5.65 Å². The molecule has 132 valence electrons. The summed E-state index contributed by atoms with van der Waals surface area (Å²) in [4.78, 5) is 1.85. The first-order valence-electron chi connectivity index (χ1n) is 7.47. The lowest BCUT2D eigenvalue weighted by atomic mass is 10.0. The molecule has 25 heavy (non-hydrogen) atoms. The lowest BCUT2D eigenvalue weighted by molar-refractivity contribution is -0.137. The van der Waals surface area contributed by atoms with Crippen LogP contribution in [-0.2, 0) is 6.18 Å². The van der Waals surface area contributed by atoms with Crippen LogP contribution >= 0.6 is 0 Å². The predicted molar refractivity (Wildman–Crippen MR) is 84.9 cm³/mol. The molecular formula is C15H16F3N7. The van der Waals surface area contributed by atoms with Gasteiger partial charge in [-0.05, 0) is 54.4 Å². The summed E-state index contributed by atoms with van der Waals surface area (Å²) in [6, 6.07) is 8.48. The first-order chi connectivity index (χ1) is 11.8. The number of hydrogen-bond acceptors (Lipinski definition) is 6. The van der Waals surface area contributed by atoms with E-state index in [9.17, 15) is 13.2 Å². The fourth-order valence-corrected chi connectivity index (χ4v) is 2.47. The Hall–Kier alpha value is -2.75. The summed E-state index contributed by atoms with van der Waals surface area (Å²) in [6.45, 7) is 0.370. The first kappa shape index (κ1) is 17.1. The lowest BCUT2D eigenvalue weighted by Gasteiger charge is -2.26. The summed E-state index contributed by atoms with van der Waals surface area (Å²) in [6.07, 6.45) is -4.37. The van der Waals surface area contributed by atoms with E-state index >= 15 is 0 Å². The molecule has 0 aliphatic carbocycles. The number of alkyl halides is 3. The van der Waals surface area contributed by atoms with Crippen molar-refractivity contribution in [2.24, 2.45) is 0 Å². The van der Waals surface area contributed by atoms with Crippen LogP contribution in [0.25, 0.3) is 5.65 Å². The minimum absolute atomic E-state index is 0.270. The third-order valence-corrected chi connectivity index (χ3v) is 3.77. The minimum atomic E-state index is -4.37. The predicted octanol–water partition coefficient (Wildman–Crippen LogP) is 2.25. The molecule has 0 amide bonds. The lowest BCUT2D eigenvalue weighted by Crippen LogP contribution is -2.27. The van der Waals surface area contributed by atoms with Gasteiger partial charge in [0.1, 0.15) is 5.82 Å². The van der Waals surface area contributed by atoms with E-state index in [1.807, 2.05) is 19.0 Å².